The van der Waals surface area contributed by atoms with E-state index in [9.17, 15) is 9.18 Å². The Bertz CT molecular complexity index is 698. The van der Waals surface area contributed by atoms with E-state index in [1.807, 2.05) is 0 Å². The first-order chi connectivity index (χ1) is 11.1. The second kappa shape index (κ2) is 6.91. The van der Waals surface area contributed by atoms with Crippen LogP contribution in [-0.2, 0) is 0 Å². The van der Waals surface area contributed by atoms with Crippen LogP contribution in [0.2, 0.25) is 5.02 Å². The Morgan fingerprint density at radius 2 is 2.04 bits per heavy atom. The predicted octanol–water partition coefficient (Wildman–Crippen LogP) is 2.62. The Morgan fingerprint density at radius 3 is 2.83 bits per heavy atom. The zero-order valence-electron chi connectivity index (χ0n) is 12.5. The number of anilines is 1. The van der Waals surface area contributed by atoms with E-state index in [-0.39, 0.29) is 11.5 Å². The molecule has 5 nitrogen and oxygen atoms in total. The molecule has 0 atom stereocenters. The van der Waals surface area contributed by atoms with E-state index < -0.39 is 5.82 Å². The van der Waals surface area contributed by atoms with Gasteiger partial charge in [-0.05, 0) is 24.6 Å². The molecule has 7 heteroatoms. The first-order valence-electron chi connectivity index (χ1n) is 7.40. The largest absolute Gasteiger partial charge is 0.354 e. The number of halogens is 2. The van der Waals surface area contributed by atoms with E-state index in [2.05, 4.69) is 14.9 Å². The highest BCUT2D eigenvalue weighted by atomic mass is 35.5. The van der Waals surface area contributed by atoms with Gasteiger partial charge in [-0.3, -0.25) is 9.78 Å². The lowest BCUT2D eigenvalue weighted by molar-refractivity contribution is 0.0762. The monoisotopic (exact) mass is 334 g/mol. The molecule has 1 aliphatic heterocycles. The van der Waals surface area contributed by atoms with Crippen molar-refractivity contribution in [2.75, 3.05) is 31.1 Å². The third kappa shape index (κ3) is 3.59. The lowest BCUT2D eigenvalue weighted by atomic mass is 10.2. The first-order valence-corrected chi connectivity index (χ1v) is 7.78. The van der Waals surface area contributed by atoms with Crippen LogP contribution in [-0.4, -0.2) is 47.0 Å². The lowest BCUT2D eigenvalue weighted by Gasteiger charge is -2.22. The molecule has 1 aromatic heterocycles. The number of benzene rings is 1. The van der Waals surface area contributed by atoms with Crippen molar-refractivity contribution < 1.29 is 9.18 Å². The van der Waals surface area contributed by atoms with Gasteiger partial charge in [-0.1, -0.05) is 11.6 Å². The van der Waals surface area contributed by atoms with E-state index in [1.54, 1.807) is 23.5 Å². The minimum absolute atomic E-state index is 0.0189. The predicted molar refractivity (Wildman–Crippen MR) is 86.2 cm³/mol. The lowest BCUT2D eigenvalue weighted by Crippen LogP contribution is -2.35. The van der Waals surface area contributed by atoms with Gasteiger partial charge in [-0.2, -0.15) is 0 Å². The van der Waals surface area contributed by atoms with Crippen molar-refractivity contribution in [2.24, 2.45) is 0 Å². The van der Waals surface area contributed by atoms with Gasteiger partial charge in [0, 0.05) is 43.6 Å². The molecule has 0 N–H and O–H groups in total. The number of hydrogen-bond acceptors (Lipinski definition) is 4. The topological polar surface area (TPSA) is 49.3 Å². The van der Waals surface area contributed by atoms with Gasteiger partial charge >= 0.3 is 0 Å². The highest BCUT2D eigenvalue weighted by molar-refractivity contribution is 6.31. The molecule has 0 saturated carbocycles. The van der Waals surface area contributed by atoms with E-state index >= 15 is 0 Å². The van der Waals surface area contributed by atoms with Gasteiger partial charge in [0.1, 0.15) is 11.6 Å². The third-order valence-corrected chi connectivity index (χ3v) is 4.05. The highest BCUT2D eigenvalue weighted by Gasteiger charge is 2.23. The highest BCUT2D eigenvalue weighted by Crippen LogP contribution is 2.18. The van der Waals surface area contributed by atoms with Gasteiger partial charge in [-0.15, -0.1) is 0 Å². The summed E-state index contributed by atoms with van der Waals surface area (Å²) in [5, 5.41) is 0.353. The normalized spacial score (nSPS) is 15.4. The van der Waals surface area contributed by atoms with Crippen LogP contribution >= 0.6 is 11.6 Å². The van der Waals surface area contributed by atoms with E-state index in [1.165, 1.54) is 18.2 Å². The van der Waals surface area contributed by atoms with Gasteiger partial charge in [0.25, 0.3) is 5.91 Å². The molecule has 1 fully saturated rings. The zero-order valence-corrected chi connectivity index (χ0v) is 13.2. The number of hydrogen-bond donors (Lipinski definition) is 0. The second-order valence-corrected chi connectivity index (χ2v) is 5.76. The van der Waals surface area contributed by atoms with Crippen molar-refractivity contribution in [3.8, 4) is 0 Å². The van der Waals surface area contributed by atoms with Crippen molar-refractivity contribution in [1.82, 2.24) is 14.9 Å². The Morgan fingerprint density at radius 1 is 1.17 bits per heavy atom. The molecule has 1 aromatic carbocycles. The van der Waals surface area contributed by atoms with Crippen LogP contribution in [0, 0.1) is 5.82 Å². The number of rotatable bonds is 2. The Kier molecular flexibility index (Phi) is 4.71. The maximum atomic E-state index is 13.9. The van der Waals surface area contributed by atoms with Crippen LogP contribution in [0.5, 0.6) is 0 Å². The first kappa shape index (κ1) is 15.7. The van der Waals surface area contributed by atoms with Crippen molar-refractivity contribution in [2.45, 2.75) is 6.42 Å². The van der Waals surface area contributed by atoms with Crippen LogP contribution in [0.4, 0.5) is 10.2 Å². The summed E-state index contributed by atoms with van der Waals surface area (Å²) < 4.78 is 13.9. The fourth-order valence-electron chi connectivity index (χ4n) is 2.64. The SMILES string of the molecule is O=C(c1cc(Cl)ccc1F)N1CCCN(c2cnccn2)CC1. The van der Waals surface area contributed by atoms with Crippen molar-refractivity contribution in [3.05, 3.63) is 53.2 Å². The molecule has 23 heavy (non-hydrogen) atoms. The second-order valence-electron chi connectivity index (χ2n) is 5.32. The molecule has 1 aliphatic rings. The molecule has 0 unspecified atom stereocenters. The van der Waals surface area contributed by atoms with Crippen LogP contribution in [0.15, 0.2) is 36.8 Å². The van der Waals surface area contributed by atoms with Gasteiger partial charge in [0.05, 0.1) is 11.8 Å². The number of carbonyl (C=O) groups is 1. The fraction of sp³-hybridized carbons (Fsp3) is 0.312. The van der Waals surface area contributed by atoms with Crippen molar-refractivity contribution >= 4 is 23.3 Å². The summed E-state index contributed by atoms with van der Waals surface area (Å²) in [6.07, 6.45) is 5.75. The van der Waals surface area contributed by atoms with Crippen LogP contribution in [0.1, 0.15) is 16.8 Å². The minimum atomic E-state index is -0.547. The number of aromatic nitrogens is 2. The number of carbonyl (C=O) groups excluding carboxylic acids is 1. The van der Waals surface area contributed by atoms with Gasteiger partial charge in [0.15, 0.2) is 0 Å². The fourth-order valence-corrected chi connectivity index (χ4v) is 2.81. The summed E-state index contributed by atoms with van der Waals surface area (Å²) in [5.74, 6) is -0.0869. The van der Waals surface area contributed by atoms with Crippen molar-refractivity contribution in [1.29, 1.82) is 0 Å². The molecule has 1 saturated heterocycles. The van der Waals surface area contributed by atoms with E-state index in [4.69, 9.17) is 11.6 Å². The molecule has 0 bridgehead atoms. The summed E-state index contributed by atoms with van der Waals surface area (Å²) in [7, 11) is 0. The maximum absolute atomic E-state index is 13.9. The molecule has 1 amide bonds. The minimum Gasteiger partial charge on any atom is -0.354 e. The summed E-state index contributed by atoms with van der Waals surface area (Å²) in [5.41, 5.74) is 0.0189. The Hall–Kier alpha value is -2.21. The Labute approximate surface area is 138 Å². The van der Waals surface area contributed by atoms with Gasteiger partial charge in [-0.25, -0.2) is 9.37 Å². The third-order valence-electron chi connectivity index (χ3n) is 3.82. The van der Waals surface area contributed by atoms with Crippen LogP contribution < -0.4 is 4.90 Å². The average molecular weight is 335 g/mol. The van der Waals surface area contributed by atoms with E-state index in [0.29, 0.717) is 24.7 Å². The smallest absolute Gasteiger partial charge is 0.256 e. The summed E-state index contributed by atoms with van der Waals surface area (Å²) in [6, 6.07) is 4.04. The number of amides is 1. The number of nitrogens with zero attached hydrogens (tertiary/aromatic N) is 4. The zero-order chi connectivity index (χ0) is 16.2. The Balaban J connectivity index is 1.73. The van der Waals surface area contributed by atoms with E-state index in [0.717, 1.165) is 18.8 Å². The molecule has 0 radical (unpaired) electrons. The molecule has 120 valence electrons. The summed E-state index contributed by atoms with van der Waals surface area (Å²) in [4.78, 5) is 24.6. The van der Waals surface area contributed by atoms with Crippen LogP contribution in [0.3, 0.4) is 0 Å². The molecule has 3 rings (SSSR count). The molecule has 2 aromatic rings. The summed E-state index contributed by atoms with van der Waals surface area (Å²) in [6.45, 7) is 2.48. The van der Waals surface area contributed by atoms with Gasteiger partial charge in [0.2, 0.25) is 0 Å². The maximum Gasteiger partial charge on any atom is 0.256 e. The van der Waals surface area contributed by atoms with Crippen molar-refractivity contribution in [3.63, 3.8) is 0 Å². The van der Waals surface area contributed by atoms with Crippen LogP contribution in [0.25, 0.3) is 0 Å². The molecule has 0 spiro atoms. The van der Waals surface area contributed by atoms with Gasteiger partial charge < -0.3 is 9.80 Å². The molecule has 2 heterocycles. The quantitative estimate of drug-likeness (QED) is 0.847. The average Bonchev–Trinajstić information content (AvgIpc) is 2.83. The molecular formula is C16H16ClFN4O. The molecular weight excluding hydrogens is 319 g/mol. The summed E-state index contributed by atoms with van der Waals surface area (Å²) >= 11 is 5.87. The standard InChI is InChI=1S/C16H16ClFN4O/c17-12-2-3-14(18)13(10-12)16(23)22-7-1-6-21(8-9-22)15-11-19-4-5-20-15/h2-5,10-11H,1,6-9H2. The molecule has 0 aliphatic carbocycles.